The monoisotopic (exact) mass is 274 g/mol. The minimum absolute atomic E-state index is 0.0488. The predicted molar refractivity (Wildman–Crippen MR) is 64.2 cm³/mol. The minimum atomic E-state index is -0.242. The van der Waals surface area contributed by atoms with Crippen molar-refractivity contribution < 1.29 is 9.13 Å². The third-order valence-electron chi connectivity index (χ3n) is 2.29. The first-order valence-electron chi connectivity index (χ1n) is 4.87. The quantitative estimate of drug-likeness (QED) is 0.759. The molecule has 0 spiro atoms. The first-order valence-corrected chi connectivity index (χ1v) is 5.99. The van der Waals surface area contributed by atoms with Crippen molar-refractivity contribution >= 4 is 15.9 Å². The van der Waals surface area contributed by atoms with Gasteiger partial charge in [0.25, 0.3) is 0 Å². The molecule has 1 aromatic rings. The molecule has 0 fully saturated rings. The molecule has 0 atom stereocenters. The molecule has 0 heterocycles. The van der Waals surface area contributed by atoms with E-state index in [-0.39, 0.29) is 11.2 Å². The van der Waals surface area contributed by atoms with E-state index in [0.29, 0.717) is 17.7 Å². The average molecular weight is 275 g/mol. The molecular formula is C12H16BrFO. The number of methoxy groups -OCH3 is 1. The lowest BCUT2D eigenvalue weighted by atomic mass is 9.88. The van der Waals surface area contributed by atoms with Crippen molar-refractivity contribution in [3.8, 4) is 5.75 Å². The van der Waals surface area contributed by atoms with Gasteiger partial charge in [0.2, 0.25) is 0 Å². The summed E-state index contributed by atoms with van der Waals surface area (Å²) < 4.78 is 18.7. The van der Waals surface area contributed by atoms with E-state index in [1.165, 1.54) is 7.11 Å². The Morgan fingerprint density at radius 3 is 2.60 bits per heavy atom. The van der Waals surface area contributed by atoms with Crippen molar-refractivity contribution in [1.82, 2.24) is 0 Å². The Balaban J connectivity index is 2.95. The Bertz CT molecular complexity index is 336. The van der Waals surface area contributed by atoms with Crippen LogP contribution in [-0.4, -0.2) is 12.4 Å². The van der Waals surface area contributed by atoms with Crippen molar-refractivity contribution in [2.45, 2.75) is 20.3 Å². The van der Waals surface area contributed by atoms with Crippen LogP contribution in [0.3, 0.4) is 0 Å². The number of rotatable bonds is 4. The summed E-state index contributed by atoms with van der Waals surface area (Å²) in [6.07, 6.45) is 0.696. The third kappa shape index (κ3) is 3.20. The molecule has 0 aliphatic rings. The number of ether oxygens (including phenoxy) is 1. The fourth-order valence-electron chi connectivity index (χ4n) is 1.41. The van der Waals surface area contributed by atoms with E-state index < -0.39 is 0 Å². The molecule has 0 bridgehead atoms. The molecule has 15 heavy (non-hydrogen) atoms. The average Bonchev–Trinajstić information content (AvgIpc) is 2.21. The van der Waals surface area contributed by atoms with Crippen molar-refractivity contribution in [3.05, 3.63) is 29.6 Å². The number of hydrogen-bond acceptors (Lipinski definition) is 1. The molecular weight excluding hydrogens is 259 g/mol. The van der Waals surface area contributed by atoms with Gasteiger partial charge in [-0.25, -0.2) is 4.39 Å². The van der Waals surface area contributed by atoms with Crippen LogP contribution < -0.4 is 4.74 Å². The minimum Gasteiger partial charge on any atom is -0.494 e. The fourth-order valence-corrected chi connectivity index (χ4v) is 1.61. The summed E-state index contributed by atoms with van der Waals surface area (Å²) in [6, 6.07) is 5.27. The summed E-state index contributed by atoms with van der Waals surface area (Å²) in [7, 11) is 1.48. The molecule has 0 unspecified atom stereocenters. The lowest BCUT2D eigenvalue weighted by Gasteiger charge is -2.22. The van der Waals surface area contributed by atoms with Crippen LogP contribution in [0.15, 0.2) is 18.2 Å². The van der Waals surface area contributed by atoms with Crippen LogP contribution in [0.5, 0.6) is 5.75 Å². The van der Waals surface area contributed by atoms with Gasteiger partial charge in [-0.2, -0.15) is 0 Å². The Hall–Kier alpha value is -0.570. The van der Waals surface area contributed by atoms with E-state index in [9.17, 15) is 4.39 Å². The van der Waals surface area contributed by atoms with Crippen LogP contribution >= 0.6 is 15.9 Å². The second-order valence-corrected chi connectivity index (χ2v) is 4.97. The van der Waals surface area contributed by atoms with Crippen LogP contribution in [0.25, 0.3) is 0 Å². The lowest BCUT2D eigenvalue weighted by Crippen LogP contribution is -2.17. The maximum Gasteiger partial charge on any atom is 0.168 e. The van der Waals surface area contributed by atoms with Gasteiger partial charge in [0, 0.05) is 5.33 Å². The van der Waals surface area contributed by atoms with Gasteiger partial charge < -0.3 is 4.74 Å². The molecule has 0 saturated carbocycles. The highest BCUT2D eigenvalue weighted by Crippen LogP contribution is 2.28. The van der Waals surface area contributed by atoms with E-state index in [2.05, 4.69) is 29.8 Å². The van der Waals surface area contributed by atoms with Crippen LogP contribution in [-0.2, 0) is 6.42 Å². The van der Waals surface area contributed by atoms with Crippen molar-refractivity contribution in [3.63, 3.8) is 0 Å². The van der Waals surface area contributed by atoms with Crippen molar-refractivity contribution in [1.29, 1.82) is 0 Å². The van der Waals surface area contributed by atoms with Crippen LogP contribution in [0.4, 0.5) is 4.39 Å². The standard InChI is InChI=1S/C12H16BrFO/c1-12(2,8-13)7-9-5-4-6-10(15-3)11(9)14/h4-6H,7-8H2,1-3H3. The Labute approximate surface area is 98.8 Å². The zero-order chi connectivity index (χ0) is 11.5. The molecule has 84 valence electrons. The van der Waals surface area contributed by atoms with Gasteiger partial charge >= 0.3 is 0 Å². The van der Waals surface area contributed by atoms with Crippen molar-refractivity contribution in [2.24, 2.45) is 5.41 Å². The Morgan fingerprint density at radius 2 is 2.07 bits per heavy atom. The molecule has 0 radical (unpaired) electrons. The Kier molecular flexibility index (Phi) is 4.14. The first-order chi connectivity index (χ1) is 7.00. The van der Waals surface area contributed by atoms with E-state index in [0.717, 1.165) is 5.33 Å². The highest BCUT2D eigenvalue weighted by atomic mass is 79.9. The van der Waals surface area contributed by atoms with Gasteiger partial charge in [0.15, 0.2) is 11.6 Å². The summed E-state index contributed by atoms with van der Waals surface area (Å²) in [5, 5.41) is 0.844. The zero-order valence-corrected chi connectivity index (χ0v) is 10.9. The third-order valence-corrected chi connectivity index (χ3v) is 3.81. The predicted octanol–water partition coefficient (Wildman–Crippen LogP) is 3.80. The van der Waals surface area contributed by atoms with Crippen molar-refractivity contribution in [2.75, 3.05) is 12.4 Å². The fraction of sp³-hybridized carbons (Fsp3) is 0.500. The molecule has 0 aromatic heterocycles. The van der Waals surface area contributed by atoms with E-state index in [1.807, 2.05) is 12.1 Å². The summed E-state index contributed by atoms with van der Waals surface area (Å²) >= 11 is 3.43. The van der Waals surface area contributed by atoms with E-state index in [4.69, 9.17) is 4.74 Å². The van der Waals surface area contributed by atoms with Crippen LogP contribution in [0.2, 0.25) is 0 Å². The van der Waals surface area contributed by atoms with Crippen LogP contribution in [0, 0.1) is 11.2 Å². The molecule has 0 saturated heterocycles. The van der Waals surface area contributed by atoms with Gasteiger partial charge in [-0.1, -0.05) is 41.9 Å². The number of hydrogen-bond donors (Lipinski definition) is 0. The lowest BCUT2D eigenvalue weighted by molar-refractivity contribution is 0.373. The summed E-state index contributed by atoms with van der Waals surface area (Å²) in [5.41, 5.74) is 0.756. The summed E-state index contributed by atoms with van der Waals surface area (Å²) in [4.78, 5) is 0. The maximum atomic E-state index is 13.8. The Morgan fingerprint density at radius 1 is 1.40 bits per heavy atom. The van der Waals surface area contributed by atoms with Crippen LogP contribution in [0.1, 0.15) is 19.4 Å². The highest BCUT2D eigenvalue weighted by Gasteiger charge is 2.20. The number of halogens is 2. The van der Waals surface area contributed by atoms with Gasteiger partial charge in [0.05, 0.1) is 7.11 Å². The van der Waals surface area contributed by atoms with Gasteiger partial charge in [-0.3, -0.25) is 0 Å². The van der Waals surface area contributed by atoms with E-state index in [1.54, 1.807) is 6.07 Å². The normalized spacial score (nSPS) is 11.5. The molecule has 1 aromatic carbocycles. The van der Waals surface area contributed by atoms with Gasteiger partial charge in [-0.15, -0.1) is 0 Å². The number of benzene rings is 1. The molecule has 3 heteroatoms. The molecule has 0 N–H and O–H groups in total. The second kappa shape index (κ2) is 4.97. The second-order valence-electron chi connectivity index (χ2n) is 4.41. The highest BCUT2D eigenvalue weighted by molar-refractivity contribution is 9.09. The SMILES string of the molecule is COc1cccc(CC(C)(C)CBr)c1F. The molecule has 1 rings (SSSR count). The van der Waals surface area contributed by atoms with E-state index >= 15 is 0 Å². The molecule has 0 aliphatic heterocycles. The maximum absolute atomic E-state index is 13.8. The topological polar surface area (TPSA) is 9.23 Å². The largest absolute Gasteiger partial charge is 0.494 e. The smallest absolute Gasteiger partial charge is 0.168 e. The number of alkyl halides is 1. The summed E-state index contributed by atoms with van der Waals surface area (Å²) in [6.45, 7) is 4.20. The molecule has 0 amide bonds. The molecule has 0 aliphatic carbocycles. The van der Waals surface area contributed by atoms with Gasteiger partial charge in [0.1, 0.15) is 0 Å². The first kappa shape index (κ1) is 12.5. The summed E-state index contributed by atoms with van der Waals surface area (Å²) in [5.74, 6) is 0.0758. The van der Waals surface area contributed by atoms with Gasteiger partial charge in [-0.05, 0) is 23.5 Å². The zero-order valence-electron chi connectivity index (χ0n) is 9.31. The molecule has 1 nitrogen and oxygen atoms in total.